The summed E-state index contributed by atoms with van der Waals surface area (Å²) in [6.45, 7) is 0.251. The molecule has 0 N–H and O–H groups in total. The van der Waals surface area contributed by atoms with Gasteiger partial charge in [0.15, 0.2) is 0 Å². The molecule has 0 aromatic heterocycles. The Morgan fingerprint density at radius 3 is 2.18 bits per heavy atom. The fourth-order valence-corrected chi connectivity index (χ4v) is 1.97. The van der Waals surface area contributed by atoms with E-state index in [1.54, 1.807) is 24.3 Å². The average Bonchev–Trinajstić information content (AvgIpc) is 2.60. The molecule has 88 valence electrons. The van der Waals surface area contributed by atoms with Crippen molar-refractivity contribution < 1.29 is 14.4 Å². The van der Waals surface area contributed by atoms with Gasteiger partial charge in [-0.25, -0.2) is 0 Å². The SMILES string of the molecule is O=CC(Br)CCN1C(=O)c2ccccc2C1=O. The fourth-order valence-electron chi connectivity index (χ4n) is 1.76. The number of carbonyl (C=O) groups is 3. The number of aldehydes is 1. The number of halogens is 1. The number of rotatable bonds is 4. The van der Waals surface area contributed by atoms with Crippen molar-refractivity contribution in [3.05, 3.63) is 35.4 Å². The smallest absolute Gasteiger partial charge is 0.261 e. The Kier molecular flexibility index (Phi) is 3.38. The minimum absolute atomic E-state index is 0.251. The second-order valence-electron chi connectivity index (χ2n) is 3.75. The van der Waals surface area contributed by atoms with Gasteiger partial charge in [0.25, 0.3) is 11.8 Å². The van der Waals surface area contributed by atoms with Crippen LogP contribution < -0.4 is 0 Å². The van der Waals surface area contributed by atoms with Crippen LogP contribution in [0.25, 0.3) is 0 Å². The maximum Gasteiger partial charge on any atom is 0.261 e. The van der Waals surface area contributed by atoms with Crippen molar-refractivity contribution >= 4 is 34.0 Å². The van der Waals surface area contributed by atoms with E-state index in [-0.39, 0.29) is 23.2 Å². The summed E-state index contributed by atoms with van der Waals surface area (Å²) in [5.41, 5.74) is 0.879. The van der Waals surface area contributed by atoms with Crippen LogP contribution in [0.3, 0.4) is 0 Å². The van der Waals surface area contributed by atoms with Crippen LogP contribution >= 0.6 is 15.9 Å². The van der Waals surface area contributed by atoms with Gasteiger partial charge in [-0.1, -0.05) is 28.1 Å². The van der Waals surface area contributed by atoms with Crippen molar-refractivity contribution in [2.24, 2.45) is 0 Å². The minimum Gasteiger partial charge on any atom is -0.302 e. The number of hydrogen-bond donors (Lipinski definition) is 0. The standard InChI is InChI=1S/C12H10BrNO3/c13-8(7-15)5-6-14-11(16)9-3-1-2-4-10(9)12(14)17/h1-4,7-8H,5-6H2. The summed E-state index contributed by atoms with van der Waals surface area (Å²) in [4.78, 5) is 35.1. The molecule has 0 fully saturated rings. The number of fused-ring (bicyclic) bond motifs is 1. The molecule has 1 aliphatic heterocycles. The van der Waals surface area contributed by atoms with Crippen molar-refractivity contribution in [3.8, 4) is 0 Å². The first-order valence-electron chi connectivity index (χ1n) is 5.19. The molecule has 5 heteroatoms. The van der Waals surface area contributed by atoms with Crippen molar-refractivity contribution in [2.75, 3.05) is 6.54 Å². The Hall–Kier alpha value is -1.49. The second-order valence-corrected chi connectivity index (χ2v) is 4.92. The molecule has 17 heavy (non-hydrogen) atoms. The van der Waals surface area contributed by atoms with Gasteiger partial charge in [-0.15, -0.1) is 0 Å². The van der Waals surface area contributed by atoms with Crippen LogP contribution in [0.1, 0.15) is 27.1 Å². The Balaban J connectivity index is 2.16. The van der Waals surface area contributed by atoms with E-state index in [1.807, 2.05) is 0 Å². The Labute approximate surface area is 107 Å². The van der Waals surface area contributed by atoms with Crippen LogP contribution in [0, 0.1) is 0 Å². The van der Waals surface area contributed by atoms with E-state index >= 15 is 0 Å². The molecule has 0 spiro atoms. The van der Waals surface area contributed by atoms with Crippen LogP contribution in [-0.4, -0.2) is 34.4 Å². The summed E-state index contributed by atoms with van der Waals surface area (Å²) < 4.78 is 0. The lowest BCUT2D eigenvalue weighted by molar-refractivity contribution is -0.107. The van der Waals surface area contributed by atoms with Gasteiger partial charge in [0.2, 0.25) is 0 Å². The van der Waals surface area contributed by atoms with E-state index in [4.69, 9.17) is 0 Å². The Bertz CT molecular complexity index is 451. The molecule has 1 unspecified atom stereocenters. The molecule has 0 bridgehead atoms. The molecule has 2 amide bonds. The van der Waals surface area contributed by atoms with Gasteiger partial charge in [-0.2, -0.15) is 0 Å². The summed E-state index contributed by atoms with van der Waals surface area (Å²) in [6, 6.07) is 6.74. The number of hydrogen-bond acceptors (Lipinski definition) is 3. The summed E-state index contributed by atoms with van der Waals surface area (Å²) in [5.74, 6) is -0.563. The lowest BCUT2D eigenvalue weighted by atomic mass is 10.1. The molecular formula is C12H10BrNO3. The summed E-state index contributed by atoms with van der Waals surface area (Å²) in [7, 11) is 0. The summed E-state index contributed by atoms with van der Waals surface area (Å²) in [6.07, 6.45) is 1.17. The van der Waals surface area contributed by atoms with Crippen LogP contribution in [-0.2, 0) is 4.79 Å². The van der Waals surface area contributed by atoms with Gasteiger partial charge in [-0.3, -0.25) is 14.5 Å². The molecule has 1 aromatic carbocycles. The van der Waals surface area contributed by atoms with Gasteiger partial charge >= 0.3 is 0 Å². The minimum atomic E-state index is -0.327. The highest BCUT2D eigenvalue weighted by atomic mass is 79.9. The van der Waals surface area contributed by atoms with Crippen molar-refractivity contribution in [1.29, 1.82) is 0 Å². The van der Waals surface area contributed by atoms with E-state index in [0.29, 0.717) is 17.5 Å². The summed E-state index contributed by atoms with van der Waals surface area (Å²) in [5, 5.41) is 0. The zero-order chi connectivity index (χ0) is 12.4. The van der Waals surface area contributed by atoms with E-state index in [2.05, 4.69) is 15.9 Å². The van der Waals surface area contributed by atoms with Crippen LogP contribution in [0.15, 0.2) is 24.3 Å². The molecule has 0 aliphatic carbocycles. The van der Waals surface area contributed by atoms with E-state index in [0.717, 1.165) is 6.29 Å². The van der Waals surface area contributed by atoms with Gasteiger partial charge in [-0.05, 0) is 18.6 Å². The largest absolute Gasteiger partial charge is 0.302 e. The first-order chi connectivity index (χ1) is 8.15. The Morgan fingerprint density at radius 2 is 1.71 bits per heavy atom. The highest BCUT2D eigenvalue weighted by Crippen LogP contribution is 2.22. The average molecular weight is 296 g/mol. The third-order valence-corrected chi connectivity index (χ3v) is 3.33. The maximum atomic E-state index is 11.9. The van der Waals surface area contributed by atoms with Crippen molar-refractivity contribution in [2.45, 2.75) is 11.2 Å². The fraction of sp³-hybridized carbons (Fsp3) is 0.250. The van der Waals surface area contributed by atoms with Crippen LogP contribution in [0.5, 0.6) is 0 Å². The molecule has 1 aliphatic rings. The topological polar surface area (TPSA) is 54.5 Å². The van der Waals surface area contributed by atoms with E-state index in [1.165, 1.54) is 4.90 Å². The molecule has 1 heterocycles. The summed E-state index contributed by atoms with van der Waals surface area (Å²) >= 11 is 3.14. The molecule has 1 atom stereocenters. The zero-order valence-corrected chi connectivity index (χ0v) is 10.5. The van der Waals surface area contributed by atoms with Gasteiger partial charge in [0.05, 0.1) is 16.0 Å². The monoisotopic (exact) mass is 295 g/mol. The van der Waals surface area contributed by atoms with Gasteiger partial charge in [0, 0.05) is 6.54 Å². The van der Waals surface area contributed by atoms with Crippen molar-refractivity contribution in [3.63, 3.8) is 0 Å². The number of imide groups is 1. The highest BCUT2D eigenvalue weighted by molar-refractivity contribution is 9.09. The van der Waals surface area contributed by atoms with E-state index in [9.17, 15) is 14.4 Å². The third kappa shape index (κ3) is 2.15. The first kappa shape index (κ1) is 12.0. The number of alkyl halides is 1. The molecule has 2 rings (SSSR count). The number of carbonyl (C=O) groups excluding carboxylic acids is 3. The van der Waals surface area contributed by atoms with Crippen molar-refractivity contribution in [1.82, 2.24) is 4.90 Å². The lowest BCUT2D eigenvalue weighted by Crippen LogP contribution is -2.32. The maximum absolute atomic E-state index is 11.9. The Morgan fingerprint density at radius 1 is 1.18 bits per heavy atom. The predicted octanol–water partition coefficient (Wildman–Crippen LogP) is 1.64. The van der Waals surface area contributed by atoms with Crippen LogP contribution in [0.4, 0.5) is 0 Å². The number of nitrogens with zero attached hydrogens (tertiary/aromatic N) is 1. The van der Waals surface area contributed by atoms with Crippen LogP contribution in [0.2, 0.25) is 0 Å². The van der Waals surface area contributed by atoms with Gasteiger partial charge < -0.3 is 4.79 Å². The second kappa shape index (κ2) is 4.79. The molecule has 0 saturated heterocycles. The van der Waals surface area contributed by atoms with E-state index < -0.39 is 0 Å². The highest BCUT2D eigenvalue weighted by Gasteiger charge is 2.34. The predicted molar refractivity (Wildman–Crippen MR) is 65.2 cm³/mol. The lowest BCUT2D eigenvalue weighted by Gasteiger charge is -2.13. The quantitative estimate of drug-likeness (QED) is 0.482. The normalized spacial score (nSPS) is 15.9. The molecule has 1 aromatic rings. The zero-order valence-electron chi connectivity index (χ0n) is 8.93. The van der Waals surface area contributed by atoms with Gasteiger partial charge in [0.1, 0.15) is 6.29 Å². The first-order valence-corrected chi connectivity index (χ1v) is 6.11. The molecule has 4 nitrogen and oxygen atoms in total. The number of amides is 2. The molecule has 0 radical (unpaired) electrons. The number of benzene rings is 1. The molecule has 0 saturated carbocycles. The molecular weight excluding hydrogens is 286 g/mol. The third-order valence-electron chi connectivity index (χ3n) is 2.65.